The molecule has 36 heavy (non-hydrogen) atoms. The van der Waals surface area contributed by atoms with E-state index in [0.29, 0.717) is 40.9 Å². The molecule has 2 aliphatic heterocycles. The first-order valence-electron chi connectivity index (χ1n) is 12.1. The molecular weight excluding hydrogens is 456 g/mol. The number of hydrogen-bond donors (Lipinski definition) is 2. The lowest BCUT2D eigenvalue weighted by Gasteiger charge is -2.34. The molecule has 3 N–H and O–H groups in total. The van der Waals surface area contributed by atoms with Crippen LogP contribution < -0.4 is 11.1 Å². The number of rotatable bonds is 4. The lowest BCUT2D eigenvalue weighted by atomic mass is 9.95. The van der Waals surface area contributed by atoms with Gasteiger partial charge in [0.15, 0.2) is 0 Å². The molecule has 0 spiro atoms. The van der Waals surface area contributed by atoms with Crippen molar-refractivity contribution in [2.75, 3.05) is 13.1 Å². The third-order valence-corrected chi connectivity index (χ3v) is 7.25. The average molecular weight is 483 g/mol. The summed E-state index contributed by atoms with van der Waals surface area (Å²) in [6, 6.07) is 15.0. The molecule has 8 nitrogen and oxygen atoms in total. The van der Waals surface area contributed by atoms with Crippen LogP contribution in [-0.4, -0.2) is 46.3 Å². The zero-order valence-electron chi connectivity index (χ0n) is 19.9. The van der Waals surface area contributed by atoms with Crippen molar-refractivity contribution in [3.8, 4) is 0 Å². The van der Waals surface area contributed by atoms with Gasteiger partial charge in [0.05, 0.1) is 23.5 Å². The number of benzene rings is 2. The molecule has 4 aromatic rings. The van der Waals surface area contributed by atoms with Gasteiger partial charge in [-0.05, 0) is 31.9 Å². The number of likely N-dealkylation sites (tertiary alicyclic amines) is 1. The highest BCUT2D eigenvalue weighted by molar-refractivity contribution is 6.50. The summed E-state index contributed by atoms with van der Waals surface area (Å²) in [7, 11) is 0. The van der Waals surface area contributed by atoms with Gasteiger partial charge in [-0.1, -0.05) is 36.4 Å². The van der Waals surface area contributed by atoms with Crippen LogP contribution >= 0.6 is 0 Å². The molecule has 182 valence electrons. The van der Waals surface area contributed by atoms with Gasteiger partial charge in [0.1, 0.15) is 5.58 Å². The molecule has 0 radical (unpaired) electrons. The average Bonchev–Trinajstić information content (AvgIpc) is 3.58. The fourth-order valence-electron chi connectivity index (χ4n) is 5.52. The Kier molecular flexibility index (Phi) is 5.26. The number of carbonyl (C=O) groups is 3. The number of piperidine rings is 1. The number of nitrogens with two attached hydrogens (primary N) is 1. The van der Waals surface area contributed by atoms with Crippen LogP contribution in [0, 0.1) is 0 Å². The predicted molar refractivity (Wildman–Crippen MR) is 137 cm³/mol. The molecule has 3 amide bonds. The minimum Gasteiger partial charge on any atom is -0.464 e. The molecule has 2 aliphatic rings. The second-order valence-corrected chi connectivity index (χ2v) is 9.49. The van der Waals surface area contributed by atoms with Gasteiger partial charge < -0.3 is 19.6 Å². The van der Waals surface area contributed by atoms with Crippen molar-refractivity contribution < 1.29 is 18.8 Å². The van der Waals surface area contributed by atoms with Crippen molar-refractivity contribution in [1.82, 2.24) is 14.8 Å². The van der Waals surface area contributed by atoms with E-state index >= 15 is 0 Å². The second kappa shape index (κ2) is 8.49. The van der Waals surface area contributed by atoms with Crippen molar-refractivity contribution in [2.24, 2.45) is 5.73 Å². The van der Waals surface area contributed by atoms with Crippen LogP contribution in [0.1, 0.15) is 36.9 Å². The Morgan fingerprint density at radius 2 is 1.72 bits per heavy atom. The highest BCUT2D eigenvalue weighted by atomic mass is 16.3. The molecule has 6 rings (SSSR count). The third-order valence-electron chi connectivity index (χ3n) is 7.25. The monoisotopic (exact) mass is 482 g/mol. The number of para-hydroxylation sites is 2. The van der Waals surface area contributed by atoms with Crippen LogP contribution in [0.15, 0.2) is 65.4 Å². The van der Waals surface area contributed by atoms with Crippen molar-refractivity contribution in [1.29, 1.82) is 0 Å². The Bertz CT molecular complexity index is 1570. The van der Waals surface area contributed by atoms with Gasteiger partial charge in [0, 0.05) is 52.7 Å². The van der Waals surface area contributed by atoms with E-state index in [0.717, 1.165) is 29.1 Å². The zero-order chi connectivity index (χ0) is 25.0. The first-order valence-corrected chi connectivity index (χ1v) is 12.1. The third kappa shape index (κ3) is 3.45. The molecule has 0 saturated carbocycles. The lowest BCUT2D eigenvalue weighted by molar-refractivity contribution is -0.133. The van der Waals surface area contributed by atoms with Gasteiger partial charge in [0.2, 0.25) is 5.91 Å². The number of nitrogens with one attached hydrogen (secondary N) is 1. The highest BCUT2D eigenvalue weighted by Crippen LogP contribution is 2.40. The molecule has 0 bridgehead atoms. The molecule has 2 aromatic heterocycles. The minimum absolute atomic E-state index is 0.0328. The summed E-state index contributed by atoms with van der Waals surface area (Å²) in [5.41, 5.74) is 9.33. The van der Waals surface area contributed by atoms with Gasteiger partial charge >= 0.3 is 0 Å². The van der Waals surface area contributed by atoms with Crippen molar-refractivity contribution in [3.63, 3.8) is 0 Å². The number of furan rings is 1. The van der Waals surface area contributed by atoms with Crippen molar-refractivity contribution in [3.05, 3.63) is 72.1 Å². The number of amides is 3. The zero-order valence-corrected chi connectivity index (χ0v) is 19.9. The molecule has 0 unspecified atom stereocenters. The van der Waals surface area contributed by atoms with Gasteiger partial charge in [-0.2, -0.15) is 0 Å². The molecule has 1 atom stereocenters. The highest BCUT2D eigenvalue weighted by Gasteiger charge is 2.36. The number of fused-ring (bicyclic) bond motifs is 2. The maximum atomic E-state index is 13.2. The van der Waals surface area contributed by atoms with E-state index in [4.69, 9.17) is 10.2 Å². The van der Waals surface area contributed by atoms with Crippen LogP contribution in [0.3, 0.4) is 0 Å². The lowest BCUT2D eigenvalue weighted by Crippen LogP contribution is -2.46. The van der Waals surface area contributed by atoms with Crippen molar-refractivity contribution >= 4 is 50.7 Å². The minimum atomic E-state index is -0.511. The smallest absolute Gasteiger partial charge is 0.259 e. The number of hydrogen-bond acceptors (Lipinski definition) is 5. The number of carbonyl (C=O) groups excluding carboxylic acids is 3. The van der Waals surface area contributed by atoms with Gasteiger partial charge in [-0.15, -0.1) is 0 Å². The number of nitrogens with zero attached hydrogens (tertiary/aromatic N) is 2. The first-order chi connectivity index (χ1) is 17.4. The molecule has 1 saturated heterocycles. The van der Waals surface area contributed by atoms with E-state index in [1.807, 2.05) is 59.6 Å². The van der Waals surface area contributed by atoms with Crippen LogP contribution in [0.5, 0.6) is 0 Å². The van der Waals surface area contributed by atoms with E-state index in [2.05, 4.69) is 9.88 Å². The molecule has 1 fully saturated rings. The summed E-state index contributed by atoms with van der Waals surface area (Å²) < 4.78 is 7.88. The molecule has 4 heterocycles. The Hall–Kier alpha value is -4.17. The van der Waals surface area contributed by atoms with E-state index < -0.39 is 17.9 Å². The van der Waals surface area contributed by atoms with Gasteiger partial charge in [0.25, 0.3) is 11.8 Å². The molecule has 8 heteroatoms. The Labute approximate surface area is 207 Å². The van der Waals surface area contributed by atoms with Crippen LogP contribution in [0.25, 0.3) is 33.0 Å². The fourth-order valence-corrected chi connectivity index (χ4v) is 5.52. The van der Waals surface area contributed by atoms with Crippen LogP contribution in [0.4, 0.5) is 0 Å². The fraction of sp³-hybridized carbons (Fsp3) is 0.250. The summed E-state index contributed by atoms with van der Waals surface area (Å²) in [4.78, 5) is 40.4. The summed E-state index contributed by atoms with van der Waals surface area (Å²) in [5, 5.41) is 4.26. The molecule has 2 aromatic carbocycles. The largest absolute Gasteiger partial charge is 0.464 e. The van der Waals surface area contributed by atoms with Gasteiger partial charge in [-0.25, -0.2) is 0 Å². The Morgan fingerprint density at radius 1 is 1.00 bits per heavy atom. The summed E-state index contributed by atoms with van der Waals surface area (Å²) >= 11 is 0. The SMILES string of the molecule is C[C@H](N)C(=O)N1CCC(n2cc(C3=C(c4cccc5ccoc45)C(=O)NC3=O)c3ccccc32)CC1. The Morgan fingerprint density at radius 3 is 2.47 bits per heavy atom. The normalized spacial score (nSPS) is 17.9. The van der Waals surface area contributed by atoms with Gasteiger partial charge in [-0.3, -0.25) is 19.7 Å². The molecule has 0 aliphatic carbocycles. The van der Waals surface area contributed by atoms with E-state index in [-0.39, 0.29) is 11.9 Å². The van der Waals surface area contributed by atoms with E-state index in [9.17, 15) is 14.4 Å². The topological polar surface area (TPSA) is 111 Å². The number of aromatic nitrogens is 1. The maximum absolute atomic E-state index is 13.2. The van der Waals surface area contributed by atoms with E-state index in [1.165, 1.54) is 0 Å². The summed E-state index contributed by atoms with van der Waals surface area (Å²) in [6.07, 6.45) is 5.12. The quantitative estimate of drug-likeness (QED) is 0.433. The number of imide groups is 1. The van der Waals surface area contributed by atoms with Crippen molar-refractivity contribution in [2.45, 2.75) is 31.8 Å². The standard InChI is InChI=1S/C28H26N4O4/c1-16(29)28(35)31-12-9-18(10-13-31)32-15-21(19-6-2-3-8-22(19)32)24-23(26(33)30-27(24)34)20-7-4-5-17-11-14-36-25(17)20/h2-8,11,14-16,18H,9-10,12-13,29H2,1H3,(H,30,33,34)/t16-/m0/s1. The summed E-state index contributed by atoms with van der Waals surface area (Å²) in [5.74, 6) is -0.883. The first kappa shape index (κ1) is 22.3. The predicted octanol–water partition coefficient (Wildman–Crippen LogP) is 3.47. The van der Waals surface area contributed by atoms with E-state index in [1.54, 1.807) is 13.2 Å². The Balaban J connectivity index is 1.47. The van der Waals surface area contributed by atoms with Crippen LogP contribution in [-0.2, 0) is 14.4 Å². The van der Waals surface area contributed by atoms with Crippen LogP contribution in [0.2, 0.25) is 0 Å². The second-order valence-electron chi connectivity index (χ2n) is 9.49. The molecular formula is C28H26N4O4. The summed E-state index contributed by atoms with van der Waals surface area (Å²) in [6.45, 7) is 2.96. The maximum Gasteiger partial charge on any atom is 0.259 e.